The van der Waals surface area contributed by atoms with Crippen molar-refractivity contribution in [3.8, 4) is 11.5 Å². The topological polar surface area (TPSA) is 91.1 Å². The smallest absolute Gasteiger partial charge is 0.255 e. The molecule has 138 valence electrons. The fraction of sp³-hybridized carbons (Fsp3) is 0.529. The quantitative estimate of drug-likeness (QED) is 0.752. The molecule has 1 aromatic rings. The first kappa shape index (κ1) is 19.3. The summed E-state index contributed by atoms with van der Waals surface area (Å²) in [6.07, 6.45) is 0.952. The molecule has 0 unspecified atom stereocenters. The number of primary amides is 1. The summed E-state index contributed by atoms with van der Waals surface area (Å²) >= 11 is 6.21. The van der Waals surface area contributed by atoms with E-state index in [1.54, 1.807) is 11.0 Å². The first-order valence-corrected chi connectivity index (χ1v) is 8.49. The van der Waals surface area contributed by atoms with Crippen LogP contribution in [0.25, 0.3) is 0 Å². The molecule has 0 aromatic heterocycles. The van der Waals surface area contributed by atoms with Gasteiger partial charge in [0.1, 0.15) is 0 Å². The highest BCUT2D eigenvalue weighted by molar-refractivity contribution is 6.32. The predicted octanol–water partition coefficient (Wildman–Crippen LogP) is 1.71. The van der Waals surface area contributed by atoms with Gasteiger partial charge in [-0.1, -0.05) is 11.6 Å². The van der Waals surface area contributed by atoms with Crippen LogP contribution in [0.5, 0.6) is 11.5 Å². The molecule has 7 nitrogen and oxygen atoms in total. The minimum absolute atomic E-state index is 0.143. The highest BCUT2D eigenvalue weighted by Crippen LogP contribution is 2.36. The number of rotatable bonds is 8. The molecule has 0 bridgehead atoms. The minimum atomic E-state index is -0.630. The van der Waals surface area contributed by atoms with Crippen LogP contribution in [-0.2, 0) is 9.53 Å². The van der Waals surface area contributed by atoms with Crippen LogP contribution in [0.4, 0.5) is 0 Å². The van der Waals surface area contributed by atoms with Crippen molar-refractivity contribution in [3.05, 3.63) is 22.7 Å². The molecule has 1 fully saturated rings. The Morgan fingerprint density at radius 1 is 1.44 bits per heavy atom. The maximum Gasteiger partial charge on any atom is 0.255 e. The van der Waals surface area contributed by atoms with Gasteiger partial charge in [0, 0.05) is 31.2 Å². The van der Waals surface area contributed by atoms with Crippen molar-refractivity contribution in [2.75, 3.05) is 40.0 Å². The lowest BCUT2D eigenvalue weighted by atomic mass is 10.1. The van der Waals surface area contributed by atoms with Gasteiger partial charge < -0.3 is 24.8 Å². The molecular formula is C17H23ClN2O5. The van der Waals surface area contributed by atoms with Gasteiger partial charge in [-0.05, 0) is 25.5 Å². The van der Waals surface area contributed by atoms with Gasteiger partial charge in [-0.2, -0.15) is 0 Å². The first-order valence-electron chi connectivity index (χ1n) is 8.11. The summed E-state index contributed by atoms with van der Waals surface area (Å²) in [4.78, 5) is 25.5. The van der Waals surface area contributed by atoms with E-state index < -0.39 is 5.91 Å². The second kappa shape index (κ2) is 8.92. The normalized spacial score (nSPS) is 16.5. The van der Waals surface area contributed by atoms with Gasteiger partial charge in [0.25, 0.3) is 11.8 Å². The van der Waals surface area contributed by atoms with E-state index >= 15 is 0 Å². The molecule has 0 spiro atoms. The standard InChI is InChI=1S/C17H23ClN2O5/c1-3-20(8-11-4-5-24-9-11)17(22)12-6-13(18)16(14(7-12)23-2)25-10-15(19)21/h6-7,11H,3-5,8-10H2,1-2H3,(H2,19,21)/t11-/m0/s1. The minimum Gasteiger partial charge on any atom is -0.493 e. The molecule has 0 saturated carbocycles. The van der Waals surface area contributed by atoms with Crippen LogP contribution in [0, 0.1) is 5.92 Å². The molecule has 0 aliphatic carbocycles. The van der Waals surface area contributed by atoms with Crippen LogP contribution in [0.1, 0.15) is 23.7 Å². The summed E-state index contributed by atoms with van der Waals surface area (Å²) in [6, 6.07) is 3.06. The average molecular weight is 371 g/mol. The lowest BCUT2D eigenvalue weighted by molar-refractivity contribution is -0.119. The number of hydrogen-bond donors (Lipinski definition) is 1. The number of nitrogens with zero attached hydrogens (tertiary/aromatic N) is 1. The molecule has 1 aliphatic heterocycles. The van der Waals surface area contributed by atoms with Crippen molar-refractivity contribution in [3.63, 3.8) is 0 Å². The summed E-state index contributed by atoms with van der Waals surface area (Å²) in [6.45, 7) is 4.23. The number of nitrogens with two attached hydrogens (primary N) is 1. The Morgan fingerprint density at radius 2 is 2.20 bits per heavy atom. The monoisotopic (exact) mass is 370 g/mol. The van der Waals surface area contributed by atoms with Gasteiger partial charge in [-0.15, -0.1) is 0 Å². The number of ether oxygens (including phenoxy) is 3. The number of benzene rings is 1. The van der Waals surface area contributed by atoms with E-state index in [-0.39, 0.29) is 29.0 Å². The Morgan fingerprint density at radius 3 is 2.76 bits per heavy atom. The maximum atomic E-state index is 12.8. The molecular weight excluding hydrogens is 348 g/mol. The lowest BCUT2D eigenvalue weighted by Crippen LogP contribution is -2.35. The van der Waals surface area contributed by atoms with Crippen LogP contribution in [0.15, 0.2) is 12.1 Å². The molecule has 1 atom stereocenters. The fourth-order valence-electron chi connectivity index (χ4n) is 2.70. The van der Waals surface area contributed by atoms with Gasteiger partial charge in [0.05, 0.1) is 18.7 Å². The number of methoxy groups -OCH3 is 1. The van der Waals surface area contributed by atoms with Crippen LogP contribution in [0.2, 0.25) is 5.02 Å². The van der Waals surface area contributed by atoms with Crippen LogP contribution >= 0.6 is 11.6 Å². The molecule has 2 rings (SSSR count). The van der Waals surface area contributed by atoms with E-state index in [9.17, 15) is 9.59 Å². The van der Waals surface area contributed by atoms with E-state index in [0.29, 0.717) is 31.2 Å². The van der Waals surface area contributed by atoms with Crippen molar-refractivity contribution >= 4 is 23.4 Å². The van der Waals surface area contributed by atoms with Gasteiger partial charge in [-0.25, -0.2) is 0 Å². The van der Waals surface area contributed by atoms with Crippen LogP contribution < -0.4 is 15.2 Å². The van der Waals surface area contributed by atoms with E-state index in [2.05, 4.69) is 0 Å². The van der Waals surface area contributed by atoms with Crippen molar-refractivity contribution in [1.82, 2.24) is 4.90 Å². The molecule has 0 radical (unpaired) electrons. The van der Waals surface area contributed by atoms with Crippen molar-refractivity contribution in [1.29, 1.82) is 0 Å². The highest BCUT2D eigenvalue weighted by Gasteiger charge is 2.24. The zero-order chi connectivity index (χ0) is 18.4. The van der Waals surface area contributed by atoms with Crippen molar-refractivity contribution < 1.29 is 23.8 Å². The SMILES string of the molecule is CCN(C[C@@H]1CCOC1)C(=O)c1cc(Cl)c(OCC(N)=O)c(OC)c1. The number of carbonyl (C=O) groups excluding carboxylic acids is 2. The molecule has 1 heterocycles. The zero-order valence-corrected chi connectivity index (χ0v) is 15.2. The Kier molecular flexibility index (Phi) is 6.90. The molecule has 1 aromatic carbocycles. The van der Waals surface area contributed by atoms with Crippen molar-refractivity contribution in [2.24, 2.45) is 11.7 Å². The Labute approximate surface area is 152 Å². The Hall–Kier alpha value is -1.99. The summed E-state index contributed by atoms with van der Waals surface area (Å²) in [5, 5.41) is 0.184. The summed E-state index contributed by atoms with van der Waals surface area (Å²) in [7, 11) is 1.44. The van der Waals surface area contributed by atoms with Crippen LogP contribution in [-0.4, -0.2) is 56.7 Å². The third-order valence-electron chi connectivity index (χ3n) is 4.01. The molecule has 8 heteroatoms. The number of amides is 2. The van der Waals surface area contributed by atoms with E-state index in [1.807, 2.05) is 6.92 Å². The van der Waals surface area contributed by atoms with Gasteiger partial charge in [0.15, 0.2) is 18.1 Å². The predicted molar refractivity (Wildman–Crippen MR) is 93.2 cm³/mol. The molecule has 2 amide bonds. The molecule has 1 aliphatic rings. The summed E-state index contributed by atoms with van der Waals surface area (Å²) in [5.41, 5.74) is 5.47. The second-order valence-corrected chi connectivity index (χ2v) is 6.23. The van der Waals surface area contributed by atoms with Crippen molar-refractivity contribution in [2.45, 2.75) is 13.3 Å². The maximum absolute atomic E-state index is 12.8. The zero-order valence-electron chi connectivity index (χ0n) is 14.4. The number of carbonyl (C=O) groups is 2. The van der Waals surface area contributed by atoms with Gasteiger partial charge >= 0.3 is 0 Å². The van der Waals surface area contributed by atoms with Gasteiger partial charge in [0.2, 0.25) is 0 Å². The summed E-state index contributed by atoms with van der Waals surface area (Å²) in [5.74, 6) is 0.0359. The number of halogens is 1. The van der Waals surface area contributed by atoms with E-state index in [0.717, 1.165) is 13.0 Å². The largest absolute Gasteiger partial charge is 0.493 e. The molecule has 25 heavy (non-hydrogen) atoms. The second-order valence-electron chi connectivity index (χ2n) is 5.82. The Bertz CT molecular complexity index is 632. The molecule has 2 N–H and O–H groups in total. The third kappa shape index (κ3) is 4.99. The highest BCUT2D eigenvalue weighted by atomic mass is 35.5. The fourth-order valence-corrected chi connectivity index (χ4v) is 2.97. The van der Waals surface area contributed by atoms with E-state index in [1.165, 1.54) is 13.2 Å². The van der Waals surface area contributed by atoms with E-state index in [4.69, 9.17) is 31.5 Å². The summed E-state index contributed by atoms with van der Waals surface area (Å²) < 4.78 is 15.9. The Balaban J connectivity index is 2.20. The van der Waals surface area contributed by atoms with Crippen LogP contribution in [0.3, 0.4) is 0 Å². The number of hydrogen-bond acceptors (Lipinski definition) is 5. The first-order chi connectivity index (χ1) is 12.0. The average Bonchev–Trinajstić information content (AvgIpc) is 3.10. The molecule has 1 saturated heterocycles. The lowest BCUT2D eigenvalue weighted by Gasteiger charge is -2.24. The van der Waals surface area contributed by atoms with Gasteiger partial charge in [-0.3, -0.25) is 9.59 Å². The third-order valence-corrected chi connectivity index (χ3v) is 4.29.